The zero-order valence-electron chi connectivity index (χ0n) is 14.2. The summed E-state index contributed by atoms with van der Waals surface area (Å²) in [6, 6.07) is 0. The van der Waals surface area contributed by atoms with E-state index < -0.39 is 0 Å². The van der Waals surface area contributed by atoms with E-state index in [1.54, 1.807) is 0 Å². The first-order valence-corrected chi connectivity index (χ1v) is 9.64. The molecule has 132 valence electrons. The highest BCUT2D eigenvalue weighted by molar-refractivity contribution is 5.03. The van der Waals surface area contributed by atoms with Crippen molar-refractivity contribution in [2.75, 3.05) is 32.8 Å². The Balaban J connectivity index is 1.18. The maximum absolute atomic E-state index is 6.26. The van der Waals surface area contributed by atoms with Gasteiger partial charge >= 0.3 is 0 Å². The normalized spacial score (nSPS) is 35.2. The van der Waals surface area contributed by atoms with Crippen molar-refractivity contribution in [3.05, 3.63) is 11.8 Å². The predicted octanol–water partition coefficient (Wildman–Crippen LogP) is 2.53. The van der Waals surface area contributed by atoms with E-state index >= 15 is 0 Å². The standard InChI is InChI=1S/C18H27N3O3/c1-2-13(1)17-19-20-18(24-17)16-9-14-11-21(6-3-15(14)23-16)10-12-4-7-22-8-5-12/h12-16H,1-11H2/t14-,15-,16+/m0/s1. The molecule has 4 heterocycles. The molecule has 4 fully saturated rings. The van der Waals surface area contributed by atoms with Crippen LogP contribution in [0.1, 0.15) is 62.3 Å². The first-order chi connectivity index (χ1) is 11.8. The second-order valence-corrected chi connectivity index (χ2v) is 8.02. The summed E-state index contributed by atoms with van der Waals surface area (Å²) in [5.74, 6) is 3.47. The second-order valence-electron chi connectivity index (χ2n) is 8.02. The van der Waals surface area contributed by atoms with Gasteiger partial charge in [0.15, 0.2) is 0 Å². The van der Waals surface area contributed by atoms with Crippen molar-refractivity contribution in [3.8, 4) is 0 Å². The van der Waals surface area contributed by atoms with Crippen molar-refractivity contribution >= 4 is 0 Å². The van der Waals surface area contributed by atoms with Gasteiger partial charge < -0.3 is 18.8 Å². The van der Waals surface area contributed by atoms with Crippen molar-refractivity contribution in [2.24, 2.45) is 11.8 Å². The molecule has 24 heavy (non-hydrogen) atoms. The van der Waals surface area contributed by atoms with Crippen LogP contribution in [0.25, 0.3) is 0 Å². The molecular formula is C18H27N3O3. The van der Waals surface area contributed by atoms with Crippen molar-refractivity contribution < 1.29 is 13.9 Å². The molecule has 0 radical (unpaired) electrons. The minimum atomic E-state index is 0.0167. The van der Waals surface area contributed by atoms with Gasteiger partial charge in [-0.2, -0.15) is 0 Å². The summed E-state index contributed by atoms with van der Waals surface area (Å²) >= 11 is 0. The van der Waals surface area contributed by atoms with Gasteiger partial charge in [-0.15, -0.1) is 10.2 Å². The Bertz CT molecular complexity index is 568. The van der Waals surface area contributed by atoms with E-state index in [1.807, 2.05) is 0 Å². The van der Waals surface area contributed by atoms with Crippen molar-refractivity contribution in [3.63, 3.8) is 0 Å². The van der Waals surface area contributed by atoms with E-state index in [1.165, 1.54) is 32.2 Å². The SMILES string of the molecule is C1CC(CN2CC[C@@H]3O[C@@H](c4nnc(C5CC5)o4)C[C@H]3C2)CCO1. The highest BCUT2D eigenvalue weighted by Gasteiger charge is 2.42. The monoisotopic (exact) mass is 333 g/mol. The van der Waals surface area contributed by atoms with Crippen LogP contribution in [0.3, 0.4) is 0 Å². The summed E-state index contributed by atoms with van der Waals surface area (Å²) in [7, 11) is 0. The molecular weight excluding hydrogens is 306 g/mol. The lowest BCUT2D eigenvalue weighted by molar-refractivity contribution is -0.0154. The van der Waals surface area contributed by atoms with Gasteiger partial charge in [0.05, 0.1) is 6.10 Å². The summed E-state index contributed by atoms with van der Waals surface area (Å²) in [4.78, 5) is 2.65. The lowest BCUT2D eigenvalue weighted by Gasteiger charge is -2.36. The average molecular weight is 333 g/mol. The van der Waals surface area contributed by atoms with Crippen LogP contribution in [0.5, 0.6) is 0 Å². The molecule has 3 saturated heterocycles. The molecule has 0 spiro atoms. The average Bonchev–Trinajstić information content (AvgIpc) is 3.19. The number of fused-ring (bicyclic) bond motifs is 1. The number of rotatable bonds is 4. The van der Waals surface area contributed by atoms with Gasteiger partial charge in [0.1, 0.15) is 6.10 Å². The Morgan fingerprint density at radius 3 is 2.67 bits per heavy atom. The Morgan fingerprint density at radius 2 is 1.83 bits per heavy atom. The number of hydrogen-bond acceptors (Lipinski definition) is 6. The lowest BCUT2D eigenvalue weighted by Crippen LogP contribution is -2.44. The number of hydrogen-bond donors (Lipinski definition) is 0. The third-order valence-corrected chi connectivity index (χ3v) is 6.12. The number of ether oxygens (including phenoxy) is 2. The maximum atomic E-state index is 6.26. The summed E-state index contributed by atoms with van der Waals surface area (Å²) in [5.41, 5.74) is 0. The topological polar surface area (TPSA) is 60.6 Å². The maximum Gasteiger partial charge on any atom is 0.245 e. The summed E-state index contributed by atoms with van der Waals surface area (Å²) in [6.45, 7) is 5.42. The highest BCUT2D eigenvalue weighted by atomic mass is 16.5. The molecule has 6 heteroatoms. The van der Waals surface area contributed by atoms with Crippen molar-refractivity contribution in [2.45, 2.75) is 56.7 Å². The number of nitrogens with zero attached hydrogens (tertiary/aromatic N) is 3. The van der Waals surface area contributed by atoms with Crippen LogP contribution in [0.2, 0.25) is 0 Å². The molecule has 1 aromatic heterocycles. The van der Waals surface area contributed by atoms with Crippen LogP contribution in [0, 0.1) is 11.8 Å². The smallest absolute Gasteiger partial charge is 0.245 e. The van der Waals surface area contributed by atoms with Crippen molar-refractivity contribution in [1.82, 2.24) is 15.1 Å². The van der Waals surface area contributed by atoms with Crippen molar-refractivity contribution in [1.29, 1.82) is 0 Å². The number of aromatic nitrogens is 2. The number of piperidine rings is 1. The quantitative estimate of drug-likeness (QED) is 0.844. The molecule has 0 N–H and O–H groups in total. The van der Waals surface area contributed by atoms with E-state index in [9.17, 15) is 0 Å². The van der Waals surface area contributed by atoms with E-state index in [0.29, 0.717) is 23.8 Å². The molecule has 1 saturated carbocycles. The highest BCUT2D eigenvalue weighted by Crippen LogP contribution is 2.43. The van der Waals surface area contributed by atoms with Gasteiger partial charge in [-0.1, -0.05) is 0 Å². The predicted molar refractivity (Wildman–Crippen MR) is 86.6 cm³/mol. The molecule has 3 aliphatic heterocycles. The van der Waals surface area contributed by atoms with Gasteiger partial charge in [0.25, 0.3) is 0 Å². The Morgan fingerprint density at radius 1 is 1.00 bits per heavy atom. The molecule has 1 aliphatic carbocycles. The fourth-order valence-corrected chi connectivity index (χ4v) is 4.52. The van der Waals surface area contributed by atoms with E-state index in [0.717, 1.165) is 51.0 Å². The van der Waals surface area contributed by atoms with Crippen LogP contribution >= 0.6 is 0 Å². The summed E-state index contributed by atoms with van der Waals surface area (Å²) in [5, 5.41) is 8.47. The second kappa shape index (κ2) is 6.39. The van der Waals surface area contributed by atoms with Crippen LogP contribution in [0.4, 0.5) is 0 Å². The molecule has 0 unspecified atom stereocenters. The summed E-state index contributed by atoms with van der Waals surface area (Å²) < 4.78 is 17.6. The first-order valence-electron chi connectivity index (χ1n) is 9.64. The number of likely N-dealkylation sites (tertiary alicyclic amines) is 1. The van der Waals surface area contributed by atoms with Gasteiger partial charge in [0, 0.05) is 44.7 Å². The molecule has 4 aliphatic rings. The van der Waals surface area contributed by atoms with Crippen LogP contribution < -0.4 is 0 Å². The Hall–Kier alpha value is -0.980. The van der Waals surface area contributed by atoms with Crippen LogP contribution in [0.15, 0.2) is 4.42 Å². The molecule has 0 amide bonds. The summed E-state index contributed by atoms with van der Waals surface area (Å²) in [6.07, 6.45) is 7.37. The molecule has 0 bridgehead atoms. The minimum absolute atomic E-state index is 0.0167. The minimum Gasteiger partial charge on any atom is -0.422 e. The zero-order chi connectivity index (χ0) is 15.9. The molecule has 1 aromatic rings. The molecule has 6 nitrogen and oxygen atoms in total. The zero-order valence-corrected chi connectivity index (χ0v) is 14.2. The van der Waals surface area contributed by atoms with Gasteiger partial charge in [-0.05, 0) is 44.4 Å². The first kappa shape index (κ1) is 15.3. The Labute approximate surface area is 142 Å². The molecule has 0 aromatic carbocycles. The third-order valence-electron chi connectivity index (χ3n) is 6.12. The van der Waals surface area contributed by atoms with Crippen LogP contribution in [-0.2, 0) is 9.47 Å². The van der Waals surface area contributed by atoms with E-state index in [-0.39, 0.29) is 6.10 Å². The largest absolute Gasteiger partial charge is 0.422 e. The van der Waals surface area contributed by atoms with Gasteiger partial charge in [0.2, 0.25) is 11.8 Å². The molecule has 3 atom stereocenters. The van der Waals surface area contributed by atoms with Gasteiger partial charge in [-0.3, -0.25) is 0 Å². The fraction of sp³-hybridized carbons (Fsp3) is 0.889. The molecule has 5 rings (SSSR count). The lowest BCUT2D eigenvalue weighted by atomic mass is 9.91. The fourth-order valence-electron chi connectivity index (χ4n) is 4.52. The van der Waals surface area contributed by atoms with E-state index in [2.05, 4.69) is 15.1 Å². The van der Waals surface area contributed by atoms with E-state index in [4.69, 9.17) is 13.9 Å². The third kappa shape index (κ3) is 3.11. The Kier molecular flexibility index (Phi) is 4.07. The van der Waals surface area contributed by atoms with Gasteiger partial charge in [-0.25, -0.2) is 0 Å². The van der Waals surface area contributed by atoms with Crippen LogP contribution in [-0.4, -0.2) is 54.0 Å².